The van der Waals surface area contributed by atoms with Crippen molar-refractivity contribution in [1.82, 2.24) is 0 Å². The first-order valence-corrected chi connectivity index (χ1v) is 6.53. The Morgan fingerprint density at radius 3 is 1.95 bits per heavy atom. The van der Waals surface area contributed by atoms with Gasteiger partial charge in [-0.2, -0.15) is 0 Å². The maximum atomic E-state index is 11.7. The highest BCUT2D eigenvalue weighted by Gasteiger charge is 2.22. The maximum absolute atomic E-state index is 11.7. The van der Waals surface area contributed by atoms with Gasteiger partial charge in [0.1, 0.15) is 0 Å². The molecule has 1 aromatic rings. The van der Waals surface area contributed by atoms with Crippen molar-refractivity contribution in [3.8, 4) is 17.2 Å². The van der Waals surface area contributed by atoms with Gasteiger partial charge in [0.15, 0.2) is 11.5 Å². The van der Waals surface area contributed by atoms with Crippen LogP contribution in [0.25, 0.3) is 0 Å². The summed E-state index contributed by atoms with van der Waals surface area (Å²) in [5.41, 5.74) is 0.658. The minimum Gasteiger partial charge on any atom is -0.550 e. The van der Waals surface area contributed by atoms with Crippen LogP contribution in [0.1, 0.15) is 12.0 Å². The molecule has 0 fully saturated rings. The predicted molar refractivity (Wildman–Crippen MR) is 74.9 cm³/mol. The second-order valence-corrected chi connectivity index (χ2v) is 4.53. The van der Waals surface area contributed by atoms with E-state index in [1.165, 1.54) is 28.4 Å². The lowest BCUT2D eigenvalue weighted by atomic mass is 9.95. The Morgan fingerprint density at radius 1 is 1.05 bits per heavy atom. The second-order valence-electron chi connectivity index (χ2n) is 4.53. The zero-order valence-corrected chi connectivity index (χ0v) is 13.0. The number of hydrogen-bond donors (Lipinski definition) is 0. The first kappa shape index (κ1) is 17.6. The van der Waals surface area contributed by atoms with Gasteiger partial charge in [-0.1, -0.05) is 0 Å². The Hall–Kier alpha value is -2.44. The summed E-state index contributed by atoms with van der Waals surface area (Å²) in [6.07, 6.45) is -0.277. The molecule has 0 aliphatic rings. The van der Waals surface area contributed by atoms with Gasteiger partial charge in [-0.25, -0.2) is 0 Å². The monoisotopic (exact) mass is 311 g/mol. The third kappa shape index (κ3) is 4.28. The summed E-state index contributed by atoms with van der Waals surface area (Å²) in [5.74, 6) is -1.51. The first-order chi connectivity index (χ1) is 10.5. The van der Waals surface area contributed by atoms with Crippen LogP contribution in [0.4, 0.5) is 0 Å². The van der Waals surface area contributed by atoms with Gasteiger partial charge in [-0.3, -0.25) is 4.79 Å². The normalized spacial score (nSPS) is 11.5. The Balaban J connectivity index is 3.13. The lowest BCUT2D eigenvalue weighted by molar-refractivity contribution is -0.306. The number of carboxylic acids is 1. The Labute approximate surface area is 128 Å². The summed E-state index contributed by atoms with van der Waals surface area (Å²) in [6, 6.07) is 3.32. The molecule has 122 valence electrons. The molecule has 0 aliphatic carbocycles. The van der Waals surface area contributed by atoms with Crippen LogP contribution in [0, 0.1) is 5.92 Å². The Kier molecular flexibility index (Phi) is 6.49. The number of aliphatic carboxylic acids is 1. The third-order valence-electron chi connectivity index (χ3n) is 3.15. The van der Waals surface area contributed by atoms with Crippen LogP contribution in [-0.2, 0) is 20.7 Å². The highest BCUT2D eigenvalue weighted by Crippen LogP contribution is 2.38. The van der Waals surface area contributed by atoms with Crippen LogP contribution >= 0.6 is 0 Å². The van der Waals surface area contributed by atoms with E-state index in [2.05, 4.69) is 4.74 Å². The van der Waals surface area contributed by atoms with Crippen LogP contribution < -0.4 is 19.3 Å². The molecule has 0 radical (unpaired) electrons. The average molecular weight is 311 g/mol. The molecule has 7 nitrogen and oxygen atoms in total. The fraction of sp³-hybridized carbons (Fsp3) is 0.467. The lowest BCUT2D eigenvalue weighted by Crippen LogP contribution is -2.30. The molecular weight excluding hydrogens is 292 g/mol. The molecule has 1 aromatic carbocycles. The molecule has 0 aromatic heterocycles. The SMILES string of the molecule is COC(=O)[C@H](CC(=O)[O-])Cc1cc(OC)c(OC)c(OC)c1. The molecule has 0 saturated carbocycles. The van der Waals surface area contributed by atoms with Gasteiger partial charge in [-0.05, 0) is 24.1 Å². The van der Waals surface area contributed by atoms with Gasteiger partial charge < -0.3 is 28.8 Å². The van der Waals surface area contributed by atoms with Crippen LogP contribution in [0.3, 0.4) is 0 Å². The number of benzene rings is 1. The van der Waals surface area contributed by atoms with Crippen molar-refractivity contribution in [3.63, 3.8) is 0 Å². The van der Waals surface area contributed by atoms with Gasteiger partial charge in [0.2, 0.25) is 5.75 Å². The minimum atomic E-state index is -1.32. The van der Waals surface area contributed by atoms with E-state index >= 15 is 0 Å². The van der Waals surface area contributed by atoms with Crippen molar-refractivity contribution >= 4 is 11.9 Å². The number of methoxy groups -OCH3 is 4. The van der Waals surface area contributed by atoms with E-state index in [4.69, 9.17) is 14.2 Å². The summed E-state index contributed by atoms with van der Waals surface area (Å²) < 4.78 is 20.3. The van der Waals surface area contributed by atoms with Crippen LogP contribution in [-0.4, -0.2) is 40.4 Å². The van der Waals surface area contributed by atoms with Crippen molar-refractivity contribution < 1.29 is 33.6 Å². The predicted octanol–water partition coefficient (Wildman–Crippen LogP) is 0.184. The summed E-state index contributed by atoms with van der Waals surface area (Å²) >= 11 is 0. The van der Waals surface area contributed by atoms with Gasteiger partial charge in [0, 0.05) is 12.4 Å². The Morgan fingerprint density at radius 2 is 1.59 bits per heavy atom. The van der Waals surface area contributed by atoms with E-state index in [1.807, 2.05) is 0 Å². The largest absolute Gasteiger partial charge is 0.550 e. The van der Waals surface area contributed by atoms with Crippen molar-refractivity contribution in [2.45, 2.75) is 12.8 Å². The number of carbonyl (C=O) groups excluding carboxylic acids is 2. The number of carboxylic acid groups (broad SMARTS) is 1. The molecule has 0 bridgehead atoms. The molecular formula is C15H19O7-. The van der Waals surface area contributed by atoms with E-state index in [9.17, 15) is 14.7 Å². The molecule has 7 heteroatoms. The van der Waals surface area contributed by atoms with Crippen LogP contribution in [0.5, 0.6) is 17.2 Å². The Bertz CT molecular complexity index is 514. The van der Waals surface area contributed by atoms with Crippen molar-refractivity contribution in [3.05, 3.63) is 17.7 Å². The molecule has 1 atom stereocenters. The molecule has 0 N–H and O–H groups in total. The molecule has 0 saturated heterocycles. The van der Waals surface area contributed by atoms with E-state index < -0.39 is 24.3 Å². The third-order valence-corrected chi connectivity index (χ3v) is 3.15. The number of carbonyl (C=O) groups is 2. The summed E-state index contributed by atoms with van der Waals surface area (Å²) in [4.78, 5) is 22.5. The molecule has 0 spiro atoms. The molecule has 0 unspecified atom stereocenters. The molecule has 22 heavy (non-hydrogen) atoms. The van der Waals surface area contributed by atoms with E-state index in [0.717, 1.165) is 0 Å². The molecule has 0 aliphatic heterocycles. The van der Waals surface area contributed by atoms with E-state index in [0.29, 0.717) is 22.8 Å². The van der Waals surface area contributed by atoms with Crippen LogP contribution in [0.2, 0.25) is 0 Å². The minimum absolute atomic E-state index is 0.150. The van der Waals surface area contributed by atoms with E-state index in [1.54, 1.807) is 12.1 Å². The quantitative estimate of drug-likeness (QED) is 0.632. The maximum Gasteiger partial charge on any atom is 0.309 e. The number of rotatable bonds is 8. The summed E-state index contributed by atoms with van der Waals surface area (Å²) in [6.45, 7) is 0. The standard InChI is InChI=1S/C15H20O7/c1-19-11-6-9(7-12(20-2)14(11)21-3)5-10(8-13(16)17)15(18)22-4/h6-7,10H,5,8H2,1-4H3,(H,16,17)/p-1/t10-/m0/s1. The van der Waals surface area contributed by atoms with Crippen molar-refractivity contribution in [2.75, 3.05) is 28.4 Å². The topological polar surface area (TPSA) is 94.1 Å². The van der Waals surface area contributed by atoms with Gasteiger partial charge >= 0.3 is 5.97 Å². The highest BCUT2D eigenvalue weighted by molar-refractivity contribution is 5.78. The van der Waals surface area contributed by atoms with Gasteiger partial charge in [0.25, 0.3) is 0 Å². The van der Waals surface area contributed by atoms with Gasteiger partial charge in [-0.15, -0.1) is 0 Å². The average Bonchev–Trinajstić information content (AvgIpc) is 2.51. The number of ether oxygens (including phenoxy) is 4. The number of hydrogen-bond acceptors (Lipinski definition) is 7. The fourth-order valence-corrected chi connectivity index (χ4v) is 2.14. The zero-order chi connectivity index (χ0) is 16.7. The second kappa shape index (κ2) is 8.11. The first-order valence-electron chi connectivity index (χ1n) is 6.53. The van der Waals surface area contributed by atoms with Crippen molar-refractivity contribution in [1.29, 1.82) is 0 Å². The molecule has 0 amide bonds. The van der Waals surface area contributed by atoms with Crippen molar-refractivity contribution in [2.24, 2.45) is 5.92 Å². The van der Waals surface area contributed by atoms with Gasteiger partial charge in [0.05, 0.1) is 34.4 Å². The summed E-state index contributed by atoms with van der Waals surface area (Å²) in [7, 11) is 5.63. The van der Waals surface area contributed by atoms with E-state index in [-0.39, 0.29) is 6.42 Å². The van der Waals surface area contributed by atoms with Crippen LogP contribution in [0.15, 0.2) is 12.1 Å². The number of esters is 1. The fourth-order valence-electron chi connectivity index (χ4n) is 2.14. The molecule has 0 heterocycles. The lowest BCUT2D eigenvalue weighted by Gasteiger charge is -2.18. The zero-order valence-electron chi connectivity index (χ0n) is 13.0. The molecule has 1 rings (SSSR count). The smallest absolute Gasteiger partial charge is 0.309 e. The highest BCUT2D eigenvalue weighted by atomic mass is 16.5. The summed E-state index contributed by atoms with van der Waals surface area (Å²) in [5, 5.41) is 10.8.